The number of hydrogen-bond acceptors (Lipinski definition) is 4. The lowest BCUT2D eigenvalue weighted by molar-refractivity contribution is 0.102. The van der Waals surface area contributed by atoms with Gasteiger partial charge < -0.3 is 14.8 Å². The van der Waals surface area contributed by atoms with E-state index in [9.17, 15) is 9.18 Å². The molecule has 0 aliphatic rings. The van der Waals surface area contributed by atoms with E-state index in [2.05, 4.69) is 5.32 Å². The van der Waals surface area contributed by atoms with Gasteiger partial charge in [0.1, 0.15) is 17.3 Å². The number of nitrogens with zero attached hydrogens (tertiary/aromatic N) is 1. The third-order valence-electron chi connectivity index (χ3n) is 3.00. The van der Waals surface area contributed by atoms with Crippen molar-refractivity contribution < 1.29 is 18.7 Å². The molecule has 1 amide bonds. The Hall–Kier alpha value is -3.07. The molecule has 2 rings (SSSR count). The average molecular weight is 300 g/mol. The summed E-state index contributed by atoms with van der Waals surface area (Å²) < 4.78 is 24.1. The van der Waals surface area contributed by atoms with E-state index in [1.807, 2.05) is 6.07 Å². The van der Waals surface area contributed by atoms with Crippen LogP contribution >= 0.6 is 0 Å². The maximum Gasteiger partial charge on any atom is 0.258 e. The molecule has 0 heterocycles. The van der Waals surface area contributed by atoms with Gasteiger partial charge in [0.05, 0.1) is 37.1 Å². The molecule has 5 nitrogen and oxygen atoms in total. The first-order chi connectivity index (χ1) is 10.6. The first kappa shape index (κ1) is 15.3. The highest BCUT2D eigenvalue weighted by Gasteiger charge is 2.15. The van der Waals surface area contributed by atoms with Crippen LogP contribution in [0.5, 0.6) is 11.5 Å². The number of hydrogen-bond donors (Lipinski definition) is 1. The van der Waals surface area contributed by atoms with Crippen LogP contribution in [0.4, 0.5) is 10.1 Å². The molecule has 0 unspecified atom stereocenters. The van der Waals surface area contributed by atoms with Crippen molar-refractivity contribution in [3.05, 3.63) is 53.3 Å². The second-order valence-corrected chi connectivity index (χ2v) is 4.33. The standard InChI is InChI=1S/C16H13FN2O3/c1-21-11-4-6-14(15(8-11)22-2)19-16(20)12-5-3-10(9-18)7-13(12)17/h3-8H,1-2H3,(H,19,20). The second kappa shape index (κ2) is 6.59. The quantitative estimate of drug-likeness (QED) is 0.942. The van der Waals surface area contributed by atoms with Crippen LogP contribution in [-0.2, 0) is 0 Å². The monoisotopic (exact) mass is 300 g/mol. The van der Waals surface area contributed by atoms with Gasteiger partial charge in [0.25, 0.3) is 5.91 Å². The van der Waals surface area contributed by atoms with E-state index in [0.29, 0.717) is 17.2 Å². The van der Waals surface area contributed by atoms with Crippen molar-refractivity contribution in [3.63, 3.8) is 0 Å². The Kier molecular flexibility index (Phi) is 4.59. The molecule has 0 aliphatic heterocycles. The summed E-state index contributed by atoms with van der Waals surface area (Å²) in [5.41, 5.74) is 0.380. The maximum absolute atomic E-state index is 13.8. The first-order valence-electron chi connectivity index (χ1n) is 6.32. The van der Waals surface area contributed by atoms with Gasteiger partial charge in [0.2, 0.25) is 0 Å². The van der Waals surface area contributed by atoms with Crippen LogP contribution in [0.1, 0.15) is 15.9 Å². The molecule has 0 bridgehead atoms. The third-order valence-corrected chi connectivity index (χ3v) is 3.00. The lowest BCUT2D eigenvalue weighted by Gasteiger charge is -2.12. The van der Waals surface area contributed by atoms with E-state index in [-0.39, 0.29) is 11.1 Å². The van der Waals surface area contributed by atoms with Crippen molar-refractivity contribution in [3.8, 4) is 17.6 Å². The number of anilines is 1. The highest BCUT2D eigenvalue weighted by atomic mass is 19.1. The van der Waals surface area contributed by atoms with Crippen LogP contribution < -0.4 is 14.8 Å². The summed E-state index contributed by atoms with van der Waals surface area (Å²) in [5, 5.41) is 11.3. The fraction of sp³-hybridized carbons (Fsp3) is 0.125. The molecule has 0 aliphatic carbocycles. The van der Waals surface area contributed by atoms with Crippen molar-refractivity contribution in [1.82, 2.24) is 0 Å². The van der Waals surface area contributed by atoms with Crippen molar-refractivity contribution in [1.29, 1.82) is 5.26 Å². The molecule has 1 N–H and O–H groups in total. The third kappa shape index (κ3) is 3.15. The number of ether oxygens (including phenoxy) is 2. The zero-order valence-corrected chi connectivity index (χ0v) is 12.0. The highest BCUT2D eigenvalue weighted by Crippen LogP contribution is 2.29. The predicted molar refractivity (Wildman–Crippen MR) is 78.6 cm³/mol. The minimum atomic E-state index is -0.760. The lowest BCUT2D eigenvalue weighted by atomic mass is 10.1. The zero-order valence-electron chi connectivity index (χ0n) is 12.0. The lowest BCUT2D eigenvalue weighted by Crippen LogP contribution is -2.14. The minimum absolute atomic E-state index is 0.149. The van der Waals surface area contributed by atoms with Gasteiger partial charge in [-0.25, -0.2) is 4.39 Å². The summed E-state index contributed by atoms with van der Waals surface area (Å²) in [6, 6.07) is 10.3. The summed E-state index contributed by atoms with van der Waals surface area (Å²) in [6.45, 7) is 0. The number of rotatable bonds is 4. The van der Waals surface area contributed by atoms with E-state index >= 15 is 0 Å². The van der Waals surface area contributed by atoms with Crippen LogP contribution in [0.2, 0.25) is 0 Å². The molecular formula is C16H13FN2O3. The van der Waals surface area contributed by atoms with Gasteiger partial charge in [0.15, 0.2) is 0 Å². The number of nitriles is 1. The molecule has 0 saturated heterocycles. The molecule has 112 valence electrons. The molecule has 0 fully saturated rings. The van der Waals surface area contributed by atoms with Gasteiger partial charge in [-0.15, -0.1) is 0 Å². The SMILES string of the molecule is COc1ccc(NC(=O)c2ccc(C#N)cc2F)c(OC)c1. The smallest absolute Gasteiger partial charge is 0.258 e. The first-order valence-corrected chi connectivity index (χ1v) is 6.32. The molecule has 22 heavy (non-hydrogen) atoms. The average Bonchev–Trinajstić information content (AvgIpc) is 2.54. The zero-order chi connectivity index (χ0) is 16.1. The van der Waals surface area contributed by atoms with E-state index in [0.717, 1.165) is 6.07 Å². The van der Waals surface area contributed by atoms with E-state index in [1.54, 1.807) is 18.2 Å². The number of halogens is 1. The number of methoxy groups -OCH3 is 2. The van der Waals surface area contributed by atoms with Crippen molar-refractivity contribution >= 4 is 11.6 Å². The fourth-order valence-corrected chi connectivity index (χ4v) is 1.86. The van der Waals surface area contributed by atoms with Crippen LogP contribution in [0.15, 0.2) is 36.4 Å². The molecular weight excluding hydrogens is 287 g/mol. The summed E-state index contributed by atoms with van der Waals surface area (Å²) in [4.78, 5) is 12.1. The predicted octanol–water partition coefficient (Wildman–Crippen LogP) is 2.97. The van der Waals surface area contributed by atoms with Crippen LogP contribution in [-0.4, -0.2) is 20.1 Å². The van der Waals surface area contributed by atoms with E-state index in [4.69, 9.17) is 14.7 Å². The van der Waals surface area contributed by atoms with E-state index in [1.165, 1.54) is 26.4 Å². The molecule has 6 heteroatoms. The Balaban J connectivity index is 2.27. The van der Waals surface area contributed by atoms with Crippen LogP contribution in [0.3, 0.4) is 0 Å². The Morgan fingerprint density at radius 2 is 1.95 bits per heavy atom. The molecule has 0 saturated carbocycles. The Bertz CT molecular complexity index is 754. The number of carbonyl (C=O) groups is 1. The highest BCUT2D eigenvalue weighted by molar-refractivity contribution is 6.05. The fourth-order valence-electron chi connectivity index (χ4n) is 1.86. The van der Waals surface area contributed by atoms with Gasteiger partial charge in [-0.05, 0) is 30.3 Å². The second-order valence-electron chi connectivity index (χ2n) is 4.33. The van der Waals surface area contributed by atoms with Gasteiger partial charge in [0, 0.05) is 6.07 Å². The minimum Gasteiger partial charge on any atom is -0.497 e. The topological polar surface area (TPSA) is 71.3 Å². The van der Waals surface area contributed by atoms with Crippen LogP contribution in [0.25, 0.3) is 0 Å². The van der Waals surface area contributed by atoms with Crippen molar-refractivity contribution in [2.24, 2.45) is 0 Å². The number of benzene rings is 2. The largest absolute Gasteiger partial charge is 0.497 e. The molecule has 0 aromatic heterocycles. The number of carbonyl (C=O) groups excluding carboxylic acids is 1. The van der Waals surface area contributed by atoms with E-state index < -0.39 is 11.7 Å². The summed E-state index contributed by atoms with van der Waals surface area (Å²) in [7, 11) is 2.96. The van der Waals surface area contributed by atoms with Crippen molar-refractivity contribution in [2.45, 2.75) is 0 Å². The maximum atomic E-state index is 13.8. The number of amides is 1. The molecule has 2 aromatic carbocycles. The number of nitrogens with one attached hydrogen (secondary N) is 1. The van der Waals surface area contributed by atoms with Gasteiger partial charge >= 0.3 is 0 Å². The normalized spacial score (nSPS) is 9.73. The molecule has 0 radical (unpaired) electrons. The summed E-state index contributed by atoms with van der Waals surface area (Å²) >= 11 is 0. The molecule has 0 atom stereocenters. The Labute approximate surface area is 126 Å². The van der Waals surface area contributed by atoms with Gasteiger partial charge in [-0.1, -0.05) is 0 Å². The van der Waals surface area contributed by atoms with Gasteiger partial charge in [-0.2, -0.15) is 5.26 Å². The molecule has 2 aromatic rings. The Morgan fingerprint density at radius 3 is 2.55 bits per heavy atom. The van der Waals surface area contributed by atoms with Gasteiger partial charge in [-0.3, -0.25) is 4.79 Å². The van der Waals surface area contributed by atoms with Crippen molar-refractivity contribution in [2.75, 3.05) is 19.5 Å². The summed E-state index contributed by atoms with van der Waals surface area (Å²) in [5.74, 6) is -0.435. The molecule has 0 spiro atoms. The Morgan fingerprint density at radius 1 is 1.18 bits per heavy atom. The summed E-state index contributed by atoms with van der Waals surface area (Å²) in [6.07, 6.45) is 0. The van der Waals surface area contributed by atoms with Crippen LogP contribution in [0, 0.1) is 17.1 Å².